The number of nitrogens with one attached hydrogen (secondary N) is 1. The molecule has 0 bridgehead atoms. The maximum Gasteiger partial charge on any atom is 0.231 e. The Labute approximate surface area is 82.7 Å². The minimum absolute atomic E-state index is 0.317. The van der Waals surface area contributed by atoms with E-state index in [1.165, 1.54) is 0 Å². The molecular formula is C10H13NO3. The van der Waals surface area contributed by atoms with Crippen molar-refractivity contribution in [3.63, 3.8) is 0 Å². The zero-order valence-electron chi connectivity index (χ0n) is 8.29. The van der Waals surface area contributed by atoms with Gasteiger partial charge < -0.3 is 14.3 Å². The summed E-state index contributed by atoms with van der Waals surface area (Å²) in [5.41, 5.74) is 5.05. The number of hydrogen-bond donors (Lipinski definition) is 1. The van der Waals surface area contributed by atoms with Gasteiger partial charge in [-0.25, -0.2) is 0 Å². The van der Waals surface area contributed by atoms with Gasteiger partial charge in [-0.05, 0) is 24.1 Å². The van der Waals surface area contributed by atoms with Crippen LogP contribution in [0.2, 0.25) is 0 Å². The topological polar surface area (TPSA) is 39.7 Å². The first kappa shape index (κ1) is 9.30. The van der Waals surface area contributed by atoms with Crippen LogP contribution < -0.4 is 15.0 Å². The molecule has 76 valence electrons. The van der Waals surface area contributed by atoms with Gasteiger partial charge in [-0.2, -0.15) is 5.48 Å². The van der Waals surface area contributed by atoms with Crippen LogP contribution in [0.1, 0.15) is 11.1 Å². The zero-order chi connectivity index (χ0) is 9.97. The summed E-state index contributed by atoms with van der Waals surface area (Å²) in [7, 11) is 1.60. The Morgan fingerprint density at radius 3 is 3.07 bits per heavy atom. The fourth-order valence-corrected chi connectivity index (χ4v) is 1.49. The molecular weight excluding hydrogens is 182 g/mol. The summed E-state index contributed by atoms with van der Waals surface area (Å²) in [6, 6.07) is 3.93. The van der Waals surface area contributed by atoms with E-state index in [9.17, 15) is 0 Å². The second-order valence-electron chi connectivity index (χ2n) is 3.11. The maximum absolute atomic E-state index is 5.36. The van der Waals surface area contributed by atoms with Gasteiger partial charge in [-0.15, -0.1) is 0 Å². The molecule has 0 unspecified atom stereocenters. The van der Waals surface area contributed by atoms with Gasteiger partial charge in [0.2, 0.25) is 6.79 Å². The Morgan fingerprint density at radius 2 is 2.29 bits per heavy atom. The number of rotatable bonds is 3. The van der Waals surface area contributed by atoms with Crippen molar-refractivity contribution in [1.82, 2.24) is 5.48 Å². The van der Waals surface area contributed by atoms with Gasteiger partial charge in [-0.1, -0.05) is 6.07 Å². The van der Waals surface area contributed by atoms with Crippen LogP contribution in [0.15, 0.2) is 12.1 Å². The van der Waals surface area contributed by atoms with Gasteiger partial charge in [0.05, 0.1) is 7.11 Å². The second-order valence-corrected chi connectivity index (χ2v) is 3.11. The molecule has 0 spiro atoms. The highest BCUT2D eigenvalue weighted by Crippen LogP contribution is 2.36. The molecule has 0 fully saturated rings. The molecule has 0 saturated carbocycles. The summed E-state index contributed by atoms with van der Waals surface area (Å²) in [6.45, 7) is 3.00. The van der Waals surface area contributed by atoms with E-state index in [1.54, 1.807) is 7.11 Å². The standard InChI is InChI=1S/C10H13NO3/c1-7-8(5-11-12-2)3-4-9-10(7)14-6-13-9/h3-4,11H,5-6H2,1-2H3. The van der Waals surface area contributed by atoms with Crippen molar-refractivity contribution in [2.45, 2.75) is 13.5 Å². The minimum Gasteiger partial charge on any atom is -0.454 e. The summed E-state index contributed by atoms with van der Waals surface area (Å²) in [4.78, 5) is 4.80. The predicted octanol–water partition coefficient (Wildman–Crippen LogP) is 1.37. The third-order valence-electron chi connectivity index (χ3n) is 2.31. The van der Waals surface area contributed by atoms with Crippen molar-refractivity contribution in [1.29, 1.82) is 0 Å². The Kier molecular flexibility index (Phi) is 2.56. The highest BCUT2D eigenvalue weighted by Gasteiger charge is 2.17. The zero-order valence-corrected chi connectivity index (χ0v) is 8.29. The van der Waals surface area contributed by atoms with E-state index in [0.29, 0.717) is 13.3 Å². The van der Waals surface area contributed by atoms with E-state index in [4.69, 9.17) is 14.3 Å². The minimum atomic E-state index is 0.317. The molecule has 0 aliphatic carbocycles. The smallest absolute Gasteiger partial charge is 0.231 e. The van der Waals surface area contributed by atoms with Gasteiger partial charge >= 0.3 is 0 Å². The number of hydrogen-bond acceptors (Lipinski definition) is 4. The molecule has 1 aliphatic rings. The van der Waals surface area contributed by atoms with Crippen molar-refractivity contribution < 1.29 is 14.3 Å². The van der Waals surface area contributed by atoms with E-state index in [1.807, 2.05) is 19.1 Å². The molecule has 2 rings (SSSR count). The molecule has 1 aromatic carbocycles. The van der Waals surface area contributed by atoms with Gasteiger partial charge in [0.15, 0.2) is 11.5 Å². The summed E-state index contributed by atoms with van der Waals surface area (Å²) in [6.07, 6.45) is 0. The van der Waals surface area contributed by atoms with Crippen LogP contribution in [0, 0.1) is 6.92 Å². The lowest BCUT2D eigenvalue weighted by molar-refractivity contribution is 0.0865. The summed E-state index contributed by atoms with van der Waals surface area (Å²) in [5.74, 6) is 1.67. The molecule has 0 atom stereocenters. The molecule has 1 N–H and O–H groups in total. The summed E-state index contributed by atoms with van der Waals surface area (Å²) < 4.78 is 10.6. The number of hydroxylamine groups is 1. The van der Waals surface area contributed by atoms with Crippen LogP contribution in [0.25, 0.3) is 0 Å². The Morgan fingerprint density at radius 1 is 1.43 bits per heavy atom. The average molecular weight is 195 g/mol. The molecule has 0 radical (unpaired) electrons. The fourth-order valence-electron chi connectivity index (χ4n) is 1.49. The average Bonchev–Trinajstić information content (AvgIpc) is 2.66. The summed E-state index contributed by atoms with van der Waals surface area (Å²) in [5, 5.41) is 0. The van der Waals surface area contributed by atoms with E-state index in [-0.39, 0.29) is 0 Å². The Balaban J connectivity index is 2.26. The molecule has 1 heterocycles. The van der Waals surface area contributed by atoms with Gasteiger partial charge in [-0.3, -0.25) is 0 Å². The molecule has 0 saturated heterocycles. The molecule has 4 nitrogen and oxygen atoms in total. The van der Waals surface area contributed by atoms with Crippen LogP contribution in [0.3, 0.4) is 0 Å². The van der Waals surface area contributed by atoms with Crippen LogP contribution in [0.5, 0.6) is 11.5 Å². The normalized spacial score (nSPS) is 13.3. The van der Waals surface area contributed by atoms with E-state index >= 15 is 0 Å². The third-order valence-corrected chi connectivity index (χ3v) is 2.31. The Hall–Kier alpha value is -1.26. The van der Waals surface area contributed by atoms with Gasteiger partial charge in [0, 0.05) is 6.54 Å². The molecule has 1 aliphatic heterocycles. The van der Waals surface area contributed by atoms with Gasteiger partial charge in [0.1, 0.15) is 0 Å². The van der Waals surface area contributed by atoms with Crippen molar-refractivity contribution in [2.24, 2.45) is 0 Å². The first-order valence-corrected chi connectivity index (χ1v) is 4.47. The largest absolute Gasteiger partial charge is 0.454 e. The molecule has 0 aromatic heterocycles. The van der Waals surface area contributed by atoms with Crippen LogP contribution in [0.4, 0.5) is 0 Å². The lowest BCUT2D eigenvalue weighted by Gasteiger charge is -2.08. The van der Waals surface area contributed by atoms with Crippen LogP contribution in [-0.2, 0) is 11.4 Å². The second kappa shape index (κ2) is 3.86. The van der Waals surface area contributed by atoms with Crippen molar-refractivity contribution in [2.75, 3.05) is 13.9 Å². The predicted molar refractivity (Wildman–Crippen MR) is 51.2 cm³/mol. The number of benzene rings is 1. The first-order chi connectivity index (χ1) is 6.83. The van der Waals surface area contributed by atoms with Crippen LogP contribution >= 0.6 is 0 Å². The SMILES string of the molecule is CONCc1ccc2c(c1C)OCO2. The monoisotopic (exact) mass is 195 g/mol. The number of ether oxygens (including phenoxy) is 2. The summed E-state index contributed by atoms with van der Waals surface area (Å²) >= 11 is 0. The Bertz CT molecular complexity index is 338. The van der Waals surface area contributed by atoms with Gasteiger partial charge in [0.25, 0.3) is 0 Å². The number of fused-ring (bicyclic) bond motifs is 1. The van der Waals surface area contributed by atoms with E-state index in [2.05, 4.69) is 5.48 Å². The van der Waals surface area contributed by atoms with Crippen molar-refractivity contribution in [3.8, 4) is 11.5 Å². The fraction of sp³-hybridized carbons (Fsp3) is 0.400. The quantitative estimate of drug-likeness (QED) is 0.739. The van der Waals surface area contributed by atoms with Crippen LogP contribution in [-0.4, -0.2) is 13.9 Å². The van der Waals surface area contributed by atoms with E-state index in [0.717, 1.165) is 22.6 Å². The van der Waals surface area contributed by atoms with Crippen molar-refractivity contribution >= 4 is 0 Å². The van der Waals surface area contributed by atoms with Crippen molar-refractivity contribution in [3.05, 3.63) is 23.3 Å². The lowest BCUT2D eigenvalue weighted by Crippen LogP contribution is -2.11. The molecule has 14 heavy (non-hydrogen) atoms. The molecule has 4 heteroatoms. The maximum atomic E-state index is 5.36. The highest BCUT2D eigenvalue weighted by molar-refractivity contribution is 5.51. The lowest BCUT2D eigenvalue weighted by atomic mass is 10.1. The third kappa shape index (κ3) is 1.54. The highest BCUT2D eigenvalue weighted by atomic mass is 16.7. The molecule has 1 aromatic rings. The molecule has 0 amide bonds. The first-order valence-electron chi connectivity index (χ1n) is 4.47. The van der Waals surface area contributed by atoms with E-state index < -0.39 is 0 Å².